The first-order chi connectivity index (χ1) is 17.0. The number of aromatic nitrogens is 4. The highest BCUT2D eigenvalue weighted by Crippen LogP contribution is 2.27. The zero-order chi connectivity index (χ0) is 24.6. The number of para-hydroxylation sites is 1. The molecule has 2 aromatic heterocycles. The van der Waals surface area contributed by atoms with E-state index in [1.54, 1.807) is 6.07 Å². The van der Waals surface area contributed by atoms with E-state index in [9.17, 15) is 4.79 Å². The van der Waals surface area contributed by atoms with Gasteiger partial charge >= 0.3 is 0 Å². The molecule has 1 amide bonds. The molecule has 3 aromatic rings. The number of aryl methyl sites for hydroxylation is 2. The van der Waals surface area contributed by atoms with Crippen LogP contribution in [0.4, 0.5) is 22.7 Å². The minimum absolute atomic E-state index is 0.278. The third-order valence-electron chi connectivity index (χ3n) is 5.44. The van der Waals surface area contributed by atoms with Gasteiger partial charge in [0.1, 0.15) is 10.7 Å². The molecule has 0 atom stereocenters. The molecule has 12 heteroatoms. The lowest BCUT2D eigenvalue weighted by Crippen LogP contribution is -2.37. The number of nitrogens with zero attached hydrogens (tertiary/aromatic N) is 5. The Morgan fingerprint density at radius 1 is 1.20 bits per heavy atom. The number of halogens is 1. The summed E-state index contributed by atoms with van der Waals surface area (Å²) >= 11 is 7.44. The fraction of sp³-hybridized carbons (Fsp3) is 0.435. The molecule has 1 aliphatic rings. The fourth-order valence-electron chi connectivity index (χ4n) is 3.54. The topological polar surface area (TPSA) is 117 Å². The first-order valence-corrected chi connectivity index (χ1v) is 12.8. The molecule has 1 saturated heterocycles. The van der Waals surface area contributed by atoms with Crippen molar-refractivity contribution in [3.8, 4) is 0 Å². The van der Waals surface area contributed by atoms with E-state index in [0.717, 1.165) is 51.4 Å². The number of anilines is 4. The van der Waals surface area contributed by atoms with Gasteiger partial charge in [0.15, 0.2) is 5.13 Å². The van der Waals surface area contributed by atoms with E-state index in [0.29, 0.717) is 44.9 Å². The minimum atomic E-state index is -0.278. The van der Waals surface area contributed by atoms with Gasteiger partial charge in [0.2, 0.25) is 11.9 Å². The van der Waals surface area contributed by atoms with Crippen LogP contribution in [0.15, 0.2) is 24.4 Å². The second-order valence-electron chi connectivity index (χ2n) is 8.03. The van der Waals surface area contributed by atoms with Crippen LogP contribution in [0.3, 0.4) is 0 Å². The van der Waals surface area contributed by atoms with Gasteiger partial charge in [-0.25, -0.2) is 4.98 Å². The van der Waals surface area contributed by atoms with Crippen molar-refractivity contribution in [3.63, 3.8) is 0 Å². The van der Waals surface area contributed by atoms with E-state index in [4.69, 9.17) is 16.3 Å². The van der Waals surface area contributed by atoms with Crippen LogP contribution in [0.5, 0.6) is 0 Å². The first-order valence-electron chi connectivity index (χ1n) is 11.6. The highest BCUT2D eigenvalue weighted by atomic mass is 35.5. The normalized spacial score (nSPS) is 14.0. The Morgan fingerprint density at radius 3 is 2.77 bits per heavy atom. The maximum Gasteiger partial charge on any atom is 0.267 e. The highest BCUT2D eigenvalue weighted by molar-refractivity contribution is 7.17. The summed E-state index contributed by atoms with van der Waals surface area (Å²) < 4.78 is 5.39. The van der Waals surface area contributed by atoms with Crippen LogP contribution in [0.2, 0.25) is 5.02 Å². The second kappa shape index (κ2) is 12.2. The second-order valence-corrected chi connectivity index (χ2v) is 9.47. The third-order valence-corrected chi connectivity index (χ3v) is 6.67. The lowest BCUT2D eigenvalue weighted by atomic mass is 10.2. The number of amides is 1. The van der Waals surface area contributed by atoms with Crippen LogP contribution >= 0.6 is 22.9 Å². The van der Waals surface area contributed by atoms with Gasteiger partial charge in [0, 0.05) is 26.1 Å². The Morgan fingerprint density at radius 2 is 2.00 bits per heavy atom. The largest absolute Gasteiger partial charge is 0.379 e. The molecule has 10 nitrogen and oxygen atoms in total. The van der Waals surface area contributed by atoms with Crippen molar-refractivity contribution in [2.75, 3.05) is 55.3 Å². The molecule has 0 saturated carbocycles. The number of thiazole rings is 1. The molecule has 0 bridgehead atoms. The summed E-state index contributed by atoms with van der Waals surface area (Å²) in [6.45, 7) is 9.20. The molecule has 0 aliphatic carbocycles. The summed E-state index contributed by atoms with van der Waals surface area (Å²) in [4.78, 5) is 33.3. The molecule has 1 fully saturated rings. The Bertz CT molecular complexity index is 1130. The van der Waals surface area contributed by atoms with Gasteiger partial charge in [-0.15, -0.1) is 0 Å². The van der Waals surface area contributed by atoms with Crippen LogP contribution < -0.4 is 16.0 Å². The van der Waals surface area contributed by atoms with Gasteiger partial charge in [-0.1, -0.05) is 42.0 Å². The van der Waals surface area contributed by atoms with Gasteiger partial charge in [0.25, 0.3) is 5.91 Å². The van der Waals surface area contributed by atoms with Gasteiger partial charge in [-0.3, -0.25) is 15.0 Å². The third kappa shape index (κ3) is 7.07. The molecule has 0 unspecified atom stereocenters. The zero-order valence-corrected chi connectivity index (χ0v) is 21.4. The standard InChI is InChI=1S/C23H29ClN8O2S/c1-3-18-27-21(25-8-5-9-32-10-12-34-13-11-32)30-22(28-18)31-23-26-14-17(35-23)20(33)29-19-15(2)6-4-7-16(19)24/h4,6-7,14H,3,5,8-13H2,1-2H3,(H,29,33)(H2,25,26,27,28,30,31). The molecule has 3 heterocycles. The van der Waals surface area contributed by atoms with Gasteiger partial charge < -0.3 is 15.4 Å². The Labute approximate surface area is 213 Å². The summed E-state index contributed by atoms with van der Waals surface area (Å²) in [5, 5.41) is 10.3. The predicted octanol–water partition coefficient (Wildman–Crippen LogP) is 3.98. The average molecular weight is 517 g/mol. The molecule has 1 aromatic carbocycles. The summed E-state index contributed by atoms with van der Waals surface area (Å²) in [6, 6.07) is 5.47. The van der Waals surface area contributed by atoms with Crippen LogP contribution in [0.1, 0.15) is 34.4 Å². The molecule has 3 N–H and O–H groups in total. The van der Waals surface area contributed by atoms with Crippen molar-refractivity contribution >= 4 is 51.6 Å². The summed E-state index contributed by atoms with van der Waals surface area (Å²) in [7, 11) is 0. The smallest absolute Gasteiger partial charge is 0.267 e. The van der Waals surface area contributed by atoms with Crippen molar-refractivity contribution in [3.05, 3.63) is 45.7 Å². The average Bonchev–Trinajstić information content (AvgIpc) is 3.33. The van der Waals surface area contributed by atoms with E-state index in [2.05, 4.69) is 40.8 Å². The maximum atomic E-state index is 12.7. The van der Waals surface area contributed by atoms with E-state index < -0.39 is 0 Å². The number of carbonyl (C=O) groups excluding carboxylic acids is 1. The number of ether oxygens (including phenoxy) is 1. The molecule has 1 aliphatic heterocycles. The van der Waals surface area contributed by atoms with E-state index in [1.807, 2.05) is 26.0 Å². The van der Waals surface area contributed by atoms with Crippen LogP contribution in [-0.4, -0.2) is 70.1 Å². The van der Waals surface area contributed by atoms with E-state index in [-0.39, 0.29) is 5.91 Å². The molecular formula is C23H29ClN8O2S. The van der Waals surface area contributed by atoms with Gasteiger partial charge in [-0.05, 0) is 31.5 Å². The van der Waals surface area contributed by atoms with Crippen molar-refractivity contribution in [2.24, 2.45) is 0 Å². The van der Waals surface area contributed by atoms with E-state index >= 15 is 0 Å². The van der Waals surface area contributed by atoms with Gasteiger partial charge in [0.05, 0.1) is 30.1 Å². The summed E-state index contributed by atoms with van der Waals surface area (Å²) in [5.74, 6) is 1.29. The number of hydrogen-bond acceptors (Lipinski definition) is 10. The van der Waals surface area contributed by atoms with Gasteiger partial charge in [-0.2, -0.15) is 15.0 Å². The lowest BCUT2D eigenvalue weighted by molar-refractivity contribution is 0.0378. The number of rotatable bonds is 10. The van der Waals surface area contributed by atoms with Crippen LogP contribution in [0.25, 0.3) is 0 Å². The number of carbonyl (C=O) groups is 1. The van der Waals surface area contributed by atoms with Crippen molar-refractivity contribution in [1.29, 1.82) is 0 Å². The highest BCUT2D eigenvalue weighted by Gasteiger charge is 2.15. The summed E-state index contributed by atoms with van der Waals surface area (Å²) in [5.41, 5.74) is 1.48. The lowest BCUT2D eigenvalue weighted by Gasteiger charge is -2.26. The zero-order valence-electron chi connectivity index (χ0n) is 19.8. The van der Waals surface area contributed by atoms with E-state index in [1.165, 1.54) is 17.5 Å². The van der Waals surface area contributed by atoms with Crippen molar-refractivity contribution in [2.45, 2.75) is 26.7 Å². The molecular weight excluding hydrogens is 488 g/mol. The Hall–Kier alpha value is -2.86. The molecule has 186 valence electrons. The molecule has 0 spiro atoms. The fourth-order valence-corrected chi connectivity index (χ4v) is 4.51. The van der Waals surface area contributed by atoms with Crippen LogP contribution in [0, 0.1) is 6.92 Å². The predicted molar refractivity (Wildman–Crippen MR) is 139 cm³/mol. The number of nitrogens with one attached hydrogen (secondary N) is 3. The summed E-state index contributed by atoms with van der Waals surface area (Å²) in [6.07, 6.45) is 3.16. The van der Waals surface area contributed by atoms with Crippen molar-refractivity contribution in [1.82, 2.24) is 24.8 Å². The maximum absolute atomic E-state index is 12.7. The molecule has 0 radical (unpaired) electrons. The van der Waals surface area contributed by atoms with Crippen LogP contribution in [-0.2, 0) is 11.2 Å². The SMILES string of the molecule is CCc1nc(NCCCN2CCOCC2)nc(Nc2ncc(C(=O)Nc3c(C)cccc3Cl)s2)n1. The van der Waals surface area contributed by atoms with Crippen molar-refractivity contribution < 1.29 is 9.53 Å². The number of hydrogen-bond donors (Lipinski definition) is 3. The quantitative estimate of drug-likeness (QED) is 0.344. The Balaban J connectivity index is 1.35. The molecule has 4 rings (SSSR count). The number of morpholine rings is 1. The first kappa shape index (κ1) is 25.2. The minimum Gasteiger partial charge on any atom is -0.379 e. The Kier molecular flexibility index (Phi) is 8.80. The monoisotopic (exact) mass is 516 g/mol. The number of benzene rings is 1. The molecule has 35 heavy (non-hydrogen) atoms.